The van der Waals surface area contributed by atoms with Gasteiger partial charge in [0.1, 0.15) is 17.2 Å². The van der Waals surface area contributed by atoms with E-state index in [2.05, 4.69) is 18.1 Å². The van der Waals surface area contributed by atoms with Crippen molar-refractivity contribution in [3.05, 3.63) is 91.0 Å². The lowest BCUT2D eigenvalue weighted by molar-refractivity contribution is 0.527. The maximum absolute atomic E-state index is 16.0. The maximum Gasteiger partial charge on any atom is 0.443 e. The average molecular weight is 554 g/mol. The Morgan fingerprint density at radius 1 is 0.412 bits per heavy atom. The van der Waals surface area contributed by atoms with Gasteiger partial charge in [-0.1, -0.05) is 54.6 Å². The summed E-state index contributed by atoms with van der Waals surface area (Å²) >= 11 is 0. The highest BCUT2D eigenvalue weighted by Crippen LogP contribution is 2.81. The van der Waals surface area contributed by atoms with E-state index in [1.54, 1.807) is 18.2 Å². The van der Waals surface area contributed by atoms with Gasteiger partial charge in [-0.15, -0.1) is 39.0 Å². The van der Waals surface area contributed by atoms with Gasteiger partial charge in [-0.05, 0) is 36.4 Å². The van der Waals surface area contributed by atoms with Gasteiger partial charge in [0, 0.05) is 0 Å². The molecule has 34 heavy (non-hydrogen) atoms. The molecule has 4 rings (SSSR count). The second-order valence-corrected chi connectivity index (χ2v) is 13.6. The van der Waals surface area contributed by atoms with Crippen LogP contribution < -0.4 is 13.6 Å². The number of nitrogens with zero attached hydrogens (tertiary/aromatic N) is 4. The monoisotopic (exact) mass is 554 g/mol. The summed E-state index contributed by atoms with van der Waals surface area (Å²) in [6, 6.07) is 20.8. The number of rotatable bonds is 6. The summed E-state index contributed by atoms with van der Waals surface area (Å²) in [4.78, 5) is 0. The molecular formula is C18H15F5N4O3P4. The number of halogens is 5. The third kappa shape index (κ3) is 6.61. The lowest BCUT2D eigenvalue weighted by Gasteiger charge is -2.21. The number of para-hydroxylation sites is 3. The van der Waals surface area contributed by atoms with Gasteiger partial charge in [-0.3, -0.25) is 0 Å². The molecule has 0 aliphatic carbocycles. The average Bonchev–Trinajstić information content (AvgIpc) is 2.73. The molecule has 0 radical (unpaired) electrons. The highest BCUT2D eigenvalue weighted by molar-refractivity contribution is 7.78. The van der Waals surface area contributed by atoms with Gasteiger partial charge in [-0.2, -0.15) is 0 Å². The number of hydrogen-bond donors (Lipinski definition) is 0. The van der Waals surface area contributed by atoms with Crippen molar-refractivity contribution in [1.29, 1.82) is 0 Å². The van der Waals surface area contributed by atoms with E-state index in [-0.39, 0.29) is 17.2 Å². The maximum atomic E-state index is 16.0. The first-order valence-electron chi connectivity index (χ1n) is 9.34. The summed E-state index contributed by atoms with van der Waals surface area (Å²) in [5, 5.41) is 0. The van der Waals surface area contributed by atoms with Crippen molar-refractivity contribution < 1.29 is 34.6 Å². The van der Waals surface area contributed by atoms with E-state index in [1.165, 1.54) is 72.8 Å². The molecule has 3 aromatic rings. The molecule has 180 valence electrons. The third-order valence-electron chi connectivity index (χ3n) is 3.77. The summed E-state index contributed by atoms with van der Waals surface area (Å²) < 4.78 is 103. The SMILES string of the molecule is FP1(F)=NP(F)(Oc2ccccc2)=NP(F)(Oc2ccccc2)=NP(F)(Oc2ccccc2)=N1. The van der Waals surface area contributed by atoms with Crippen LogP contribution in [0.25, 0.3) is 0 Å². The predicted molar refractivity (Wildman–Crippen MR) is 124 cm³/mol. The first-order chi connectivity index (χ1) is 16.1. The molecule has 1 aliphatic heterocycles. The van der Waals surface area contributed by atoms with Crippen LogP contribution in [0, 0.1) is 0 Å². The summed E-state index contributed by atoms with van der Waals surface area (Å²) in [7, 11) is -22.4. The van der Waals surface area contributed by atoms with Crippen LogP contribution in [-0.4, -0.2) is 0 Å². The Hall–Kier alpha value is -2.37. The number of benzene rings is 3. The van der Waals surface area contributed by atoms with E-state index in [9.17, 15) is 8.39 Å². The summed E-state index contributed by atoms with van der Waals surface area (Å²) in [6.07, 6.45) is 0. The third-order valence-corrected chi connectivity index (χ3v) is 12.1. The number of hydrogen-bond acceptors (Lipinski definition) is 7. The van der Waals surface area contributed by atoms with Crippen LogP contribution in [-0.2, 0) is 0 Å². The van der Waals surface area contributed by atoms with E-state index in [4.69, 9.17) is 13.6 Å². The summed E-state index contributed by atoms with van der Waals surface area (Å²) in [6.45, 7) is 0. The van der Waals surface area contributed by atoms with Gasteiger partial charge in [0.15, 0.2) is 0 Å². The van der Waals surface area contributed by atoms with Crippen molar-refractivity contribution in [3.63, 3.8) is 0 Å². The van der Waals surface area contributed by atoms with Gasteiger partial charge >= 0.3 is 31.1 Å². The van der Waals surface area contributed by atoms with E-state index in [1.807, 2.05) is 0 Å². The molecule has 0 saturated heterocycles. The molecule has 7 nitrogen and oxygen atoms in total. The smallest absolute Gasteiger partial charge is 0.419 e. The quantitative estimate of drug-likeness (QED) is 0.225. The second-order valence-electron chi connectivity index (χ2n) is 6.45. The Balaban J connectivity index is 1.90. The Bertz CT molecular complexity index is 1350. The van der Waals surface area contributed by atoms with Crippen molar-refractivity contribution in [2.24, 2.45) is 18.1 Å². The highest BCUT2D eigenvalue weighted by Gasteiger charge is 2.43. The van der Waals surface area contributed by atoms with Crippen molar-refractivity contribution >= 4 is 31.1 Å². The molecule has 3 unspecified atom stereocenters. The standard InChI is InChI=1S/C18H15F5N4O3P4/c19-31(20)24-32(21,28-16-10-4-1-5-11-16)26-34(23,30-18-14-8-3-9-15-18)27-33(22,25-31)29-17-12-6-2-7-13-17/h1-15H. The zero-order valence-corrected chi connectivity index (χ0v) is 20.4. The molecule has 3 aromatic carbocycles. The fourth-order valence-electron chi connectivity index (χ4n) is 2.57. The largest absolute Gasteiger partial charge is 0.443 e. The van der Waals surface area contributed by atoms with Crippen molar-refractivity contribution in [3.8, 4) is 17.2 Å². The molecule has 1 heterocycles. The predicted octanol–water partition coefficient (Wildman–Crippen LogP) is 10.9. The second kappa shape index (κ2) is 9.71. The first-order valence-corrected chi connectivity index (χ1v) is 15.3. The van der Waals surface area contributed by atoms with Crippen molar-refractivity contribution in [1.82, 2.24) is 0 Å². The molecule has 0 fully saturated rings. The minimum Gasteiger partial charge on any atom is -0.419 e. The Morgan fingerprint density at radius 2 is 0.706 bits per heavy atom. The van der Waals surface area contributed by atoms with Gasteiger partial charge in [0.25, 0.3) is 0 Å². The summed E-state index contributed by atoms with van der Waals surface area (Å²) in [5.74, 6) is -0.704. The molecular weight excluding hydrogens is 539 g/mol. The molecule has 0 amide bonds. The zero-order chi connectivity index (χ0) is 24.3. The minimum absolute atomic E-state index is 0.203. The first kappa shape index (κ1) is 24.7. The zero-order valence-electron chi connectivity index (χ0n) is 16.9. The molecule has 0 aromatic heterocycles. The fourth-order valence-corrected chi connectivity index (χ4v) is 10.8. The van der Waals surface area contributed by atoms with E-state index >= 15 is 12.6 Å². The van der Waals surface area contributed by atoms with Crippen molar-refractivity contribution in [2.45, 2.75) is 0 Å². The lowest BCUT2D eigenvalue weighted by Crippen LogP contribution is -1.93. The van der Waals surface area contributed by atoms with Crippen LogP contribution in [0.3, 0.4) is 0 Å². The highest BCUT2D eigenvalue weighted by atomic mass is 31.3. The minimum atomic E-state index is -6.11. The van der Waals surface area contributed by atoms with Crippen LogP contribution in [0.4, 0.5) is 21.0 Å². The van der Waals surface area contributed by atoms with Gasteiger partial charge in [0.2, 0.25) is 0 Å². The van der Waals surface area contributed by atoms with Crippen molar-refractivity contribution in [2.75, 3.05) is 0 Å². The van der Waals surface area contributed by atoms with Gasteiger partial charge in [-0.25, -0.2) is 0 Å². The van der Waals surface area contributed by atoms with Crippen LogP contribution >= 0.6 is 31.1 Å². The molecule has 0 saturated carbocycles. The molecule has 0 bridgehead atoms. The van der Waals surface area contributed by atoms with Crippen LogP contribution in [0.5, 0.6) is 17.2 Å². The van der Waals surface area contributed by atoms with E-state index < -0.39 is 31.1 Å². The van der Waals surface area contributed by atoms with E-state index in [0.717, 1.165) is 0 Å². The Morgan fingerprint density at radius 3 is 1.06 bits per heavy atom. The molecule has 1 aliphatic rings. The molecule has 16 heteroatoms. The Kier molecular flexibility index (Phi) is 7.07. The van der Waals surface area contributed by atoms with Crippen LogP contribution in [0.15, 0.2) is 109 Å². The molecule has 0 N–H and O–H groups in total. The molecule has 0 spiro atoms. The van der Waals surface area contributed by atoms with Gasteiger partial charge < -0.3 is 13.6 Å². The topological polar surface area (TPSA) is 77.1 Å². The van der Waals surface area contributed by atoms with Gasteiger partial charge in [0.05, 0.1) is 0 Å². The van der Waals surface area contributed by atoms with Crippen LogP contribution in [0.2, 0.25) is 0 Å². The summed E-state index contributed by atoms with van der Waals surface area (Å²) in [5.41, 5.74) is 0. The Labute approximate surface area is 192 Å². The fraction of sp³-hybridized carbons (Fsp3) is 0. The molecule has 3 atom stereocenters. The van der Waals surface area contributed by atoms with E-state index in [0.29, 0.717) is 0 Å². The normalized spacial score (nSPS) is 27.9. The van der Waals surface area contributed by atoms with Crippen LogP contribution in [0.1, 0.15) is 0 Å². The lowest BCUT2D eigenvalue weighted by atomic mass is 10.3.